The van der Waals surface area contributed by atoms with Crippen LogP contribution in [0, 0.1) is 18.8 Å². The Hall–Kier alpha value is -0.930. The molecule has 0 amide bonds. The second-order valence-corrected chi connectivity index (χ2v) is 6.54. The number of hydrogen-bond acceptors (Lipinski definition) is 3. The van der Waals surface area contributed by atoms with Crippen molar-refractivity contribution in [3.8, 4) is 0 Å². The van der Waals surface area contributed by atoms with Crippen molar-refractivity contribution < 1.29 is 0 Å². The maximum atomic E-state index is 4.60. The van der Waals surface area contributed by atoms with Crippen molar-refractivity contribution in [3.05, 3.63) is 29.6 Å². The zero-order valence-corrected chi connectivity index (χ0v) is 13.2. The third kappa shape index (κ3) is 5.22. The van der Waals surface area contributed by atoms with Crippen LogP contribution in [0.25, 0.3) is 0 Å². The van der Waals surface area contributed by atoms with Gasteiger partial charge in [-0.05, 0) is 69.9 Å². The highest BCUT2D eigenvalue weighted by atomic mass is 15.1. The van der Waals surface area contributed by atoms with E-state index in [0.717, 1.165) is 30.6 Å². The Morgan fingerprint density at radius 1 is 1.30 bits per heavy atom. The van der Waals surface area contributed by atoms with Crippen molar-refractivity contribution in [2.45, 2.75) is 40.2 Å². The molecule has 0 bridgehead atoms. The van der Waals surface area contributed by atoms with E-state index in [0.29, 0.717) is 0 Å². The van der Waals surface area contributed by atoms with Crippen LogP contribution in [0.1, 0.15) is 38.1 Å². The first-order valence-electron chi connectivity index (χ1n) is 7.99. The van der Waals surface area contributed by atoms with Gasteiger partial charge >= 0.3 is 0 Å². The first-order valence-corrected chi connectivity index (χ1v) is 7.99. The van der Waals surface area contributed by atoms with Crippen LogP contribution in [0.2, 0.25) is 0 Å². The molecule has 0 aliphatic carbocycles. The van der Waals surface area contributed by atoms with E-state index in [1.54, 1.807) is 0 Å². The average molecular weight is 275 g/mol. The summed E-state index contributed by atoms with van der Waals surface area (Å²) in [5.74, 6) is 1.61. The van der Waals surface area contributed by atoms with E-state index in [1.165, 1.54) is 38.2 Å². The van der Waals surface area contributed by atoms with Crippen LogP contribution >= 0.6 is 0 Å². The molecule has 1 saturated heterocycles. The second-order valence-electron chi connectivity index (χ2n) is 6.54. The third-order valence-corrected chi connectivity index (χ3v) is 4.02. The van der Waals surface area contributed by atoms with E-state index >= 15 is 0 Å². The Labute approximate surface area is 123 Å². The summed E-state index contributed by atoms with van der Waals surface area (Å²) in [7, 11) is 0. The summed E-state index contributed by atoms with van der Waals surface area (Å²) in [6, 6.07) is 6.32. The van der Waals surface area contributed by atoms with Crippen LogP contribution in [0.3, 0.4) is 0 Å². The molecule has 0 saturated carbocycles. The second kappa shape index (κ2) is 7.75. The fourth-order valence-electron chi connectivity index (χ4n) is 2.84. The zero-order chi connectivity index (χ0) is 14.4. The number of aryl methyl sites for hydroxylation is 1. The van der Waals surface area contributed by atoms with Gasteiger partial charge in [0.2, 0.25) is 0 Å². The van der Waals surface area contributed by atoms with Crippen LogP contribution in [-0.4, -0.2) is 36.1 Å². The standard InChI is InChI=1S/C17H29N3/c1-14(2)11-18-12-16-7-9-20(10-8-16)13-17-6-4-5-15(3)19-17/h4-6,14,16,18H,7-13H2,1-3H3. The molecule has 0 unspecified atom stereocenters. The van der Waals surface area contributed by atoms with Gasteiger partial charge < -0.3 is 5.32 Å². The molecular formula is C17H29N3. The quantitative estimate of drug-likeness (QED) is 0.865. The minimum atomic E-state index is 0.752. The highest BCUT2D eigenvalue weighted by molar-refractivity contribution is 5.09. The van der Waals surface area contributed by atoms with Gasteiger partial charge in [-0.3, -0.25) is 9.88 Å². The highest BCUT2D eigenvalue weighted by Crippen LogP contribution is 2.18. The monoisotopic (exact) mass is 275 g/mol. The van der Waals surface area contributed by atoms with Crippen LogP contribution < -0.4 is 5.32 Å². The number of likely N-dealkylation sites (tertiary alicyclic amines) is 1. The number of nitrogens with one attached hydrogen (secondary N) is 1. The predicted molar refractivity (Wildman–Crippen MR) is 84.7 cm³/mol. The fraction of sp³-hybridized carbons (Fsp3) is 0.706. The van der Waals surface area contributed by atoms with E-state index in [2.05, 4.69) is 54.2 Å². The molecule has 1 aliphatic heterocycles. The summed E-state index contributed by atoms with van der Waals surface area (Å²) >= 11 is 0. The molecule has 3 heteroatoms. The molecule has 1 N–H and O–H groups in total. The normalized spacial score (nSPS) is 17.8. The van der Waals surface area contributed by atoms with Gasteiger partial charge in [0.05, 0.1) is 5.69 Å². The summed E-state index contributed by atoms with van der Waals surface area (Å²) in [5.41, 5.74) is 2.33. The lowest BCUT2D eigenvalue weighted by Gasteiger charge is -2.32. The van der Waals surface area contributed by atoms with Crippen molar-refractivity contribution in [2.75, 3.05) is 26.2 Å². The zero-order valence-electron chi connectivity index (χ0n) is 13.2. The van der Waals surface area contributed by atoms with Gasteiger partial charge in [-0.25, -0.2) is 0 Å². The molecule has 112 valence electrons. The van der Waals surface area contributed by atoms with E-state index in [4.69, 9.17) is 0 Å². The maximum Gasteiger partial charge on any atom is 0.0547 e. The first-order chi connectivity index (χ1) is 9.63. The molecule has 0 radical (unpaired) electrons. The molecule has 20 heavy (non-hydrogen) atoms. The van der Waals surface area contributed by atoms with Crippen LogP contribution in [0.15, 0.2) is 18.2 Å². The lowest BCUT2D eigenvalue weighted by molar-refractivity contribution is 0.173. The van der Waals surface area contributed by atoms with Crippen LogP contribution in [-0.2, 0) is 6.54 Å². The van der Waals surface area contributed by atoms with Gasteiger partial charge in [-0.1, -0.05) is 19.9 Å². The molecule has 0 aromatic carbocycles. The van der Waals surface area contributed by atoms with Gasteiger partial charge in [0, 0.05) is 12.2 Å². The number of hydrogen-bond donors (Lipinski definition) is 1. The Morgan fingerprint density at radius 2 is 2.05 bits per heavy atom. The number of pyridine rings is 1. The SMILES string of the molecule is Cc1cccc(CN2CCC(CNCC(C)C)CC2)n1. The van der Waals surface area contributed by atoms with Crippen molar-refractivity contribution in [1.29, 1.82) is 0 Å². The van der Waals surface area contributed by atoms with E-state index in [9.17, 15) is 0 Å². The fourth-order valence-corrected chi connectivity index (χ4v) is 2.84. The van der Waals surface area contributed by atoms with Gasteiger partial charge in [-0.15, -0.1) is 0 Å². The van der Waals surface area contributed by atoms with Gasteiger partial charge in [-0.2, -0.15) is 0 Å². The van der Waals surface area contributed by atoms with Crippen LogP contribution in [0.5, 0.6) is 0 Å². The molecule has 1 aromatic heterocycles. The lowest BCUT2D eigenvalue weighted by atomic mass is 9.96. The number of piperidine rings is 1. The van der Waals surface area contributed by atoms with E-state index in [-0.39, 0.29) is 0 Å². The van der Waals surface area contributed by atoms with Gasteiger partial charge in [0.15, 0.2) is 0 Å². The Bertz CT molecular complexity index is 395. The third-order valence-electron chi connectivity index (χ3n) is 4.02. The minimum absolute atomic E-state index is 0.752. The highest BCUT2D eigenvalue weighted by Gasteiger charge is 2.19. The molecule has 1 aromatic rings. The number of aromatic nitrogens is 1. The summed E-state index contributed by atoms with van der Waals surface area (Å²) in [4.78, 5) is 7.14. The molecule has 3 nitrogen and oxygen atoms in total. The largest absolute Gasteiger partial charge is 0.316 e. The van der Waals surface area contributed by atoms with Crippen molar-refractivity contribution >= 4 is 0 Å². The summed E-state index contributed by atoms with van der Waals surface area (Å²) < 4.78 is 0. The van der Waals surface area contributed by atoms with Crippen molar-refractivity contribution in [2.24, 2.45) is 11.8 Å². The first kappa shape index (κ1) is 15.5. The summed E-state index contributed by atoms with van der Waals surface area (Å²) in [6.45, 7) is 12.4. The van der Waals surface area contributed by atoms with E-state index < -0.39 is 0 Å². The molecule has 2 heterocycles. The minimum Gasteiger partial charge on any atom is -0.316 e. The molecule has 2 rings (SSSR count). The van der Waals surface area contributed by atoms with Crippen molar-refractivity contribution in [1.82, 2.24) is 15.2 Å². The summed E-state index contributed by atoms with van der Waals surface area (Å²) in [5, 5.41) is 3.60. The van der Waals surface area contributed by atoms with Crippen molar-refractivity contribution in [3.63, 3.8) is 0 Å². The average Bonchev–Trinajstić information content (AvgIpc) is 2.40. The lowest BCUT2D eigenvalue weighted by Crippen LogP contribution is -2.37. The molecule has 1 fully saturated rings. The van der Waals surface area contributed by atoms with E-state index in [1.807, 2.05) is 0 Å². The number of rotatable bonds is 6. The van der Waals surface area contributed by atoms with Gasteiger partial charge in [0.25, 0.3) is 0 Å². The summed E-state index contributed by atoms with van der Waals surface area (Å²) in [6.07, 6.45) is 2.63. The Balaban J connectivity index is 1.69. The maximum absolute atomic E-state index is 4.60. The topological polar surface area (TPSA) is 28.2 Å². The molecule has 0 atom stereocenters. The molecular weight excluding hydrogens is 246 g/mol. The Morgan fingerprint density at radius 3 is 2.70 bits per heavy atom. The smallest absolute Gasteiger partial charge is 0.0547 e. The molecule has 0 spiro atoms. The van der Waals surface area contributed by atoms with Gasteiger partial charge in [0.1, 0.15) is 0 Å². The Kier molecular flexibility index (Phi) is 5.99. The van der Waals surface area contributed by atoms with Crippen LogP contribution in [0.4, 0.5) is 0 Å². The predicted octanol–water partition coefficient (Wildman–Crippen LogP) is 2.85. The number of nitrogens with zero attached hydrogens (tertiary/aromatic N) is 2. The molecule has 1 aliphatic rings.